The smallest absolute Gasteiger partial charge is 0.264 e. The van der Waals surface area contributed by atoms with Gasteiger partial charge in [0, 0.05) is 17.0 Å². The van der Waals surface area contributed by atoms with E-state index in [-0.39, 0.29) is 0 Å². The van der Waals surface area contributed by atoms with Gasteiger partial charge in [0.1, 0.15) is 0 Å². The topological polar surface area (TPSA) is 22.0 Å². The van der Waals surface area contributed by atoms with Crippen LogP contribution in [0.3, 0.4) is 0 Å². The third-order valence-electron chi connectivity index (χ3n) is 2.59. The SMILES string of the molecule is CCCCn1sc2c(c1=O)CCC2. The molecular formula is C10H15NOS. The quantitative estimate of drug-likeness (QED) is 0.728. The standard InChI is InChI=1S/C10H15NOS/c1-2-3-7-11-10(12)8-5-4-6-9(8)13-11/h2-7H2,1H3. The van der Waals surface area contributed by atoms with Gasteiger partial charge in [0.25, 0.3) is 5.56 Å². The van der Waals surface area contributed by atoms with Crippen LogP contribution in [0.5, 0.6) is 0 Å². The molecule has 0 fully saturated rings. The normalized spacial score (nSPS) is 14.8. The lowest BCUT2D eigenvalue weighted by Crippen LogP contribution is -2.16. The summed E-state index contributed by atoms with van der Waals surface area (Å²) in [6, 6.07) is 0. The Bertz CT molecular complexity index is 350. The summed E-state index contributed by atoms with van der Waals surface area (Å²) in [5.74, 6) is 0. The van der Waals surface area contributed by atoms with Crippen LogP contribution in [0.25, 0.3) is 0 Å². The van der Waals surface area contributed by atoms with Gasteiger partial charge in [0.05, 0.1) is 0 Å². The largest absolute Gasteiger partial charge is 0.268 e. The molecule has 1 heterocycles. The van der Waals surface area contributed by atoms with Gasteiger partial charge in [0.2, 0.25) is 0 Å². The molecule has 0 spiro atoms. The van der Waals surface area contributed by atoms with Crippen molar-refractivity contribution in [2.75, 3.05) is 0 Å². The Kier molecular flexibility index (Phi) is 2.54. The highest BCUT2D eigenvalue weighted by Crippen LogP contribution is 2.23. The third kappa shape index (κ3) is 1.57. The summed E-state index contributed by atoms with van der Waals surface area (Å²) < 4.78 is 1.94. The van der Waals surface area contributed by atoms with Crippen LogP contribution in [0.4, 0.5) is 0 Å². The fourth-order valence-electron chi connectivity index (χ4n) is 1.82. The predicted octanol–water partition coefficient (Wildman–Crippen LogP) is 2.20. The molecule has 0 amide bonds. The molecule has 0 saturated heterocycles. The zero-order valence-corrected chi connectivity index (χ0v) is 8.82. The van der Waals surface area contributed by atoms with E-state index < -0.39 is 0 Å². The van der Waals surface area contributed by atoms with Gasteiger partial charge in [-0.2, -0.15) is 0 Å². The molecule has 1 aromatic rings. The molecule has 0 N–H and O–H groups in total. The van der Waals surface area contributed by atoms with Crippen molar-refractivity contribution in [3.63, 3.8) is 0 Å². The second-order valence-corrected chi connectivity index (χ2v) is 4.72. The van der Waals surface area contributed by atoms with E-state index in [0.29, 0.717) is 5.56 Å². The highest BCUT2D eigenvalue weighted by Gasteiger charge is 2.19. The lowest BCUT2D eigenvalue weighted by atomic mass is 10.3. The van der Waals surface area contributed by atoms with E-state index >= 15 is 0 Å². The average Bonchev–Trinajstić information content (AvgIpc) is 2.67. The number of aromatic nitrogens is 1. The summed E-state index contributed by atoms with van der Waals surface area (Å²) in [6.45, 7) is 3.08. The third-order valence-corrected chi connectivity index (χ3v) is 3.83. The molecule has 13 heavy (non-hydrogen) atoms. The number of aryl methyl sites for hydroxylation is 2. The van der Waals surface area contributed by atoms with Crippen LogP contribution in [0.15, 0.2) is 4.79 Å². The van der Waals surface area contributed by atoms with E-state index in [9.17, 15) is 4.79 Å². The first kappa shape index (κ1) is 9.00. The van der Waals surface area contributed by atoms with Gasteiger partial charge in [-0.15, -0.1) is 0 Å². The first-order chi connectivity index (χ1) is 6.33. The number of fused-ring (bicyclic) bond motifs is 1. The zero-order chi connectivity index (χ0) is 9.26. The molecule has 1 aliphatic carbocycles. The zero-order valence-electron chi connectivity index (χ0n) is 8.01. The Balaban J connectivity index is 2.24. The van der Waals surface area contributed by atoms with E-state index in [2.05, 4.69) is 6.92 Å². The van der Waals surface area contributed by atoms with E-state index in [1.54, 1.807) is 11.5 Å². The molecule has 0 radical (unpaired) electrons. The summed E-state index contributed by atoms with van der Waals surface area (Å²) in [5, 5.41) is 0. The van der Waals surface area contributed by atoms with Crippen LogP contribution in [0.1, 0.15) is 36.6 Å². The van der Waals surface area contributed by atoms with Crippen molar-refractivity contribution in [2.24, 2.45) is 0 Å². The molecule has 0 saturated carbocycles. The van der Waals surface area contributed by atoms with Gasteiger partial charge < -0.3 is 0 Å². The van der Waals surface area contributed by atoms with E-state index in [4.69, 9.17) is 0 Å². The molecule has 0 aliphatic heterocycles. The first-order valence-electron chi connectivity index (χ1n) is 5.04. The number of rotatable bonds is 3. The number of hydrogen-bond acceptors (Lipinski definition) is 2. The Morgan fingerprint density at radius 2 is 2.31 bits per heavy atom. The van der Waals surface area contributed by atoms with Crippen molar-refractivity contribution in [2.45, 2.75) is 45.6 Å². The molecule has 3 heteroatoms. The maximum absolute atomic E-state index is 11.7. The predicted molar refractivity (Wildman–Crippen MR) is 55.5 cm³/mol. The van der Waals surface area contributed by atoms with Crippen molar-refractivity contribution in [3.8, 4) is 0 Å². The van der Waals surface area contributed by atoms with Gasteiger partial charge in [-0.1, -0.05) is 24.9 Å². The van der Waals surface area contributed by atoms with Crippen molar-refractivity contribution in [1.82, 2.24) is 3.96 Å². The van der Waals surface area contributed by atoms with Gasteiger partial charge in [-0.05, 0) is 25.7 Å². The monoisotopic (exact) mass is 197 g/mol. The maximum Gasteiger partial charge on any atom is 0.264 e. The van der Waals surface area contributed by atoms with Crippen LogP contribution in [-0.4, -0.2) is 3.96 Å². The van der Waals surface area contributed by atoms with E-state index in [0.717, 1.165) is 37.8 Å². The van der Waals surface area contributed by atoms with Crippen molar-refractivity contribution < 1.29 is 0 Å². The molecule has 72 valence electrons. The summed E-state index contributed by atoms with van der Waals surface area (Å²) in [7, 11) is 0. The molecule has 0 bridgehead atoms. The Hall–Kier alpha value is -0.570. The Morgan fingerprint density at radius 1 is 1.46 bits per heavy atom. The van der Waals surface area contributed by atoms with Crippen LogP contribution < -0.4 is 5.56 Å². The Labute approximate surface area is 82.4 Å². The highest BCUT2D eigenvalue weighted by molar-refractivity contribution is 7.06. The van der Waals surface area contributed by atoms with Crippen LogP contribution in [-0.2, 0) is 19.4 Å². The lowest BCUT2D eigenvalue weighted by Gasteiger charge is -1.97. The van der Waals surface area contributed by atoms with Gasteiger partial charge in [-0.25, -0.2) is 0 Å². The maximum atomic E-state index is 11.7. The average molecular weight is 197 g/mol. The molecule has 1 aromatic heterocycles. The summed E-state index contributed by atoms with van der Waals surface area (Å²) >= 11 is 1.69. The molecule has 0 atom stereocenters. The number of unbranched alkanes of at least 4 members (excludes halogenated alkanes) is 1. The molecule has 0 unspecified atom stereocenters. The minimum Gasteiger partial charge on any atom is -0.268 e. The molecule has 2 rings (SSSR count). The number of hydrogen-bond donors (Lipinski definition) is 0. The van der Waals surface area contributed by atoms with Crippen molar-refractivity contribution in [3.05, 3.63) is 20.8 Å². The van der Waals surface area contributed by atoms with Gasteiger partial charge in [0.15, 0.2) is 0 Å². The second kappa shape index (κ2) is 3.66. The fourth-order valence-corrected chi connectivity index (χ4v) is 3.03. The van der Waals surface area contributed by atoms with Crippen LogP contribution >= 0.6 is 11.5 Å². The minimum absolute atomic E-state index is 0.297. The second-order valence-electron chi connectivity index (χ2n) is 3.61. The lowest BCUT2D eigenvalue weighted by molar-refractivity contribution is 0.654. The molecule has 2 nitrogen and oxygen atoms in total. The Morgan fingerprint density at radius 3 is 3.00 bits per heavy atom. The fraction of sp³-hybridized carbons (Fsp3) is 0.700. The summed E-state index contributed by atoms with van der Waals surface area (Å²) in [5.41, 5.74) is 1.41. The summed E-state index contributed by atoms with van der Waals surface area (Å²) in [6.07, 6.45) is 5.62. The van der Waals surface area contributed by atoms with Crippen LogP contribution in [0, 0.1) is 0 Å². The van der Waals surface area contributed by atoms with Crippen molar-refractivity contribution in [1.29, 1.82) is 0 Å². The van der Waals surface area contributed by atoms with Gasteiger partial charge >= 0.3 is 0 Å². The summed E-state index contributed by atoms with van der Waals surface area (Å²) in [4.78, 5) is 13.1. The van der Waals surface area contributed by atoms with E-state index in [1.165, 1.54) is 11.3 Å². The molecule has 0 aromatic carbocycles. The van der Waals surface area contributed by atoms with Crippen LogP contribution in [0.2, 0.25) is 0 Å². The first-order valence-corrected chi connectivity index (χ1v) is 5.82. The van der Waals surface area contributed by atoms with Crippen molar-refractivity contribution >= 4 is 11.5 Å². The number of nitrogens with zero attached hydrogens (tertiary/aromatic N) is 1. The molecule has 1 aliphatic rings. The highest BCUT2D eigenvalue weighted by atomic mass is 32.1. The molecular weight excluding hydrogens is 182 g/mol. The van der Waals surface area contributed by atoms with Gasteiger partial charge in [-0.3, -0.25) is 8.75 Å². The van der Waals surface area contributed by atoms with E-state index in [1.807, 2.05) is 3.96 Å². The minimum atomic E-state index is 0.297.